The minimum atomic E-state index is -0.308. The summed E-state index contributed by atoms with van der Waals surface area (Å²) in [4.78, 5) is 30.6. The van der Waals surface area contributed by atoms with Crippen molar-refractivity contribution in [2.24, 2.45) is 0 Å². The van der Waals surface area contributed by atoms with E-state index in [4.69, 9.17) is 9.26 Å². The molecule has 0 radical (unpaired) electrons. The topological polar surface area (TPSA) is 93.4 Å². The van der Waals surface area contributed by atoms with Crippen molar-refractivity contribution >= 4 is 16.9 Å². The molecule has 4 aromatic rings. The van der Waals surface area contributed by atoms with Crippen LogP contribution >= 0.6 is 0 Å². The van der Waals surface area contributed by atoms with E-state index in [1.807, 2.05) is 44.2 Å². The predicted octanol–water partition coefficient (Wildman–Crippen LogP) is 3.29. The molecule has 1 atom stereocenters. The fourth-order valence-corrected chi connectivity index (χ4v) is 4.34. The molecule has 8 heteroatoms. The Hall–Kier alpha value is -3.81. The smallest absolute Gasteiger partial charge is 0.327 e. The largest absolute Gasteiger partial charge is 0.488 e. The molecular weight excluding hydrogens is 396 g/mol. The Labute approximate surface area is 178 Å². The summed E-state index contributed by atoms with van der Waals surface area (Å²) in [5, 5.41) is 4.06. The van der Waals surface area contributed by atoms with E-state index in [0.29, 0.717) is 46.0 Å². The number of H-pyrrole nitrogens is 1. The molecular formula is C23H22N4O4. The summed E-state index contributed by atoms with van der Waals surface area (Å²) in [5.41, 5.74) is 4.26. The molecule has 0 saturated heterocycles. The third-order valence-electron chi connectivity index (χ3n) is 5.77. The first-order valence-corrected chi connectivity index (χ1v) is 10.0. The maximum absolute atomic E-state index is 13.1. The van der Waals surface area contributed by atoms with Crippen molar-refractivity contribution in [1.82, 2.24) is 19.6 Å². The number of aromatic nitrogens is 3. The van der Waals surface area contributed by atoms with E-state index in [1.54, 1.807) is 24.7 Å². The van der Waals surface area contributed by atoms with Gasteiger partial charge in [-0.05, 0) is 25.5 Å². The molecule has 158 valence electrons. The highest BCUT2D eigenvalue weighted by Gasteiger charge is 2.33. The number of amides is 1. The first kappa shape index (κ1) is 19.2. The quantitative estimate of drug-likeness (QED) is 0.551. The van der Waals surface area contributed by atoms with Crippen LogP contribution in [0.2, 0.25) is 0 Å². The molecule has 3 heterocycles. The first-order chi connectivity index (χ1) is 14.9. The summed E-state index contributed by atoms with van der Waals surface area (Å²) in [7, 11) is 3.36. The summed E-state index contributed by atoms with van der Waals surface area (Å²) in [6, 6.07) is 11.2. The number of rotatable bonds is 3. The van der Waals surface area contributed by atoms with Crippen molar-refractivity contribution in [1.29, 1.82) is 0 Å². The van der Waals surface area contributed by atoms with Gasteiger partial charge in [-0.15, -0.1) is 0 Å². The molecule has 0 saturated carbocycles. The third-order valence-corrected chi connectivity index (χ3v) is 5.77. The molecule has 1 amide bonds. The fourth-order valence-electron chi connectivity index (χ4n) is 4.34. The third kappa shape index (κ3) is 2.78. The minimum Gasteiger partial charge on any atom is -0.488 e. The van der Waals surface area contributed by atoms with Gasteiger partial charge in [0.1, 0.15) is 17.9 Å². The number of nitrogens with one attached hydrogen (secondary N) is 1. The Kier molecular flexibility index (Phi) is 4.25. The monoisotopic (exact) mass is 418 g/mol. The number of nitrogens with zero attached hydrogens (tertiary/aromatic N) is 3. The average Bonchev–Trinajstić information content (AvgIpc) is 3.29. The molecule has 1 aliphatic heterocycles. The minimum absolute atomic E-state index is 0.213. The van der Waals surface area contributed by atoms with Crippen molar-refractivity contribution in [3.63, 3.8) is 0 Å². The van der Waals surface area contributed by atoms with Gasteiger partial charge < -0.3 is 19.1 Å². The van der Waals surface area contributed by atoms with Gasteiger partial charge in [0.15, 0.2) is 5.75 Å². The highest BCUT2D eigenvalue weighted by atomic mass is 16.5. The van der Waals surface area contributed by atoms with Gasteiger partial charge in [0.05, 0.1) is 28.4 Å². The number of hydrogen-bond donors (Lipinski definition) is 1. The van der Waals surface area contributed by atoms with E-state index in [2.05, 4.69) is 10.1 Å². The number of carbonyl (C=O) groups excluding carboxylic acids is 1. The number of carbonyl (C=O) groups is 1. The van der Waals surface area contributed by atoms with E-state index in [1.165, 1.54) is 4.90 Å². The van der Waals surface area contributed by atoms with E-state index >= 15 is 0 Å². The zero-order valence-corrected chi connectivity index (χ0v) is 17.7. The Morgan fingerprint density at radius 1 is 1.23 bits per heavy atom. The van der Waals surface area contributed by atoms with Crippen LogP contribution in [0.1, 0.15) is 33.4 Å². The van der Waals surface area contributed by atoms with Crippen LogP contribution in [0.4, 0.5) is 0 Å². The number of aromatic amines is 1. The van der Waals surface area contributed by atoms with Crippen molar-refractivity contribution in [3.8, 4) is 16.9 Å². The molecule has 5 rings (SSSR count). The number of benzene rings is 2. The van der Waals surface area contributed by atoms with Gasteiger partial charge in [0, 0.05) is 19.7 Å². The highest BCUT2D eigenvalue weighted by Crippen LogP contribution is 2.44. The van der Waals surface area contributed by atoms with Gasteiger partial charge in [-0.3, -0.25) is 9.36 Å². The van der Waals surface area contributed by atoms with Gasteiger partial charge in [0.2, 0.25) is 0 Å². The first-order valence-electron chi connectivity index (χ1n) is 10.0. The molecule has 0 fully saturated rings. The van der Waals surface area contributed by atoms with Crippen LogP contribution in [-0.2, 0) is 0 Å². The highest BCUT2D eigenvalue weighted by molar-refractivity contribution is 6.09. The second-order valence-electron chi connectivity index (χ2n) is 7.96. The van der Waals surface area contributed by atoms with Gasteiger partial charge in [-0.1, -0.05) is 35.5 Å². The van der Waals surface area contributed by atoms with E-state index in [9.17, 15) is 9.59 Å². The lowest BCUT2D eigenvalue weighted by molar-refractivity contribution is 0.0829. The van der Waals surface area contributed by atoms with Crippen LogP contribution in [-0.4, -0.2) is 46.2 Å². The van der Waals surface area contributed by atoms with Crippen LogP contribution < -0.4 is 10.4 Å². The van der Waals surface area contributed by atoms with Crippen LogP contribution in [0.15, 0.2) is 45.7 Å². The SMILES string of the molecule is Cc1noc(C)c1-c1cc(C(=O)N(C)C)c2[nH]c(=O)n3c2c1OC[C@H]3c1ccccc1. The normalized spacial score (nSPS) is 15.2. The zero-order chi connectivity index (χ0) is 21.9. The number of hydrogen-bond acceptors (Lipinski definition) is 5. The Balaban J connectivity index is 1.89. The van der Waals surface area contributed by atoms with E-state index in [-0.39, 0.29) is 17.6 Å². The van der Waals surface area contributed by atoms with Gasteiger partial charge in [0.25, 0.3) is 5.91 Å². The van der Waals surface area contributed by atoms with Gasteiger partial charge in [-0.25, -0.2) is 4.79 Å². The average molecular weight is 418 g/mol. The zero-order valence-electron chi connectivity index (χ0n) is 17.7. The van der Waals surface area contributed by atoms with Crippen molar-refractivity contribution in [2.75, 3.05) is 20.7 Å². The summed E-state index contributed by atoms with van der Waals surface area (Å²) in [6.45, 7) is 3.96. The molecule has 0 unspecified atom stereocenters. The predicted molar refractivity (Wildman–Crippen MR) is 116 cm³/mol. The van der Waals surface area contributed by atoms with Crippen LogP contribution in [0, 0.1) is 13.8 Å². The molecule has 0 aliphatic carbocycles. The van der Waals surface area contributed by atoms with Crippen molar-refractivity contribution in [2.45, 2.75) is 19.9 Å². The van der Waals surface area contributed by atoms with Crippen molar-refractivity contribution < 1.29 is 14.1 Å². The lowest BCUT2D eigenvalue weighted by Gasteiger charge is -2.27. The standard InChI is InChI=1S/C23H22N4O4/c1-12-18(13(2)31-25-12)15-10-16(22(28)26(3)4)19-20-21(15)30-11-17(27(20)23(29)24-19)14-8-6-5-7-9-14/h5-10,17H,11H2,1-4H3,(H,24,29)/t17-/m0/s1. The summed E-state index contributed by atoms with van der Waals surface area (Å²) < 4.78 is 13.3. The number of ether oxygens (including phenoxy) is 1. The summed E-state index contributed by atoms with van der Waals surface area (Å²) >= 11 is 0. The van der Waals surface area contributed by atoms with Gasteiger partial charge in [-0.2, -0.15) is 0 Å². The number of aryl methyl sites for hydroxylation is 2. The molecule has 8 nitrogen and oxygen atoms in total. The Morgan fingerprint density at radius 3 is 2.61 bits per heavy atom. The van der Waals surface area contributed by atoms with Crippen LogP contribution in [0.25, 0.3) is 22.2 Å². The molecule has 2 aromatic carbocycles. The molecule has 0 spiro atoms. The van der Waals surface area contributed by atoms with E-state index < -0.39 is 0 Å². The number of imidazole rings is 1. The lowest BCUT2D eigenvalue weighted by atomic mass is 9.97. The van der Waals surface area contributed by atoms with Crippen LogP contribution in [0.3, 0.4) is 0 Å². The molecule has 31 heavy (non-hydrogen) atoms. The molecule has 1 N–H and O–H groups in total. The van der Waals surface area contributed by atoms with Gasteiger partial charge >= 0.3 is 5.69 Å². The fraction of sp³-hybridized carbons (Fsp3) is 0.261. The Bertz CT molecular complexity index is 1360. The summed E-state index contributed by atoms with van der Waals surface area (Å²) in [6.07, 6.45) is 0. The lowest BCUT2D eigenvalue weighted by Crippen LogP contribution is -2.30. The maximum atomic E-state index is 13.1. The molecule has 1 aliphatic rings. The second kappa shape index (κ2) is 6.87. The van der Waals surface area contributed by atoms with Crippen molar-refractivity contribution in [3.05, 3.63) is 69.5 Å². The molecule has 0 bridgehead atoms. The maximum Gasteiger partial charge on any atom is 0.327 e. The molecule has 2 aromatic heterocycles. The van der Waals surface area contributed by atoms with E-state index in [0.717, 1.165) is 11.1 Å². The summed E-state index contributed by atoms with van der Waals surface area (Å²) in [5.74, 6) is 0.953. The van der Waals surface area contributed by atoms with Crippen LogP contribution in [0.5, 0.6) is 5.75 Å². The Morgan fingerprint density at radius 2 is 1.97 bits per heavy atom. The second-order valence-corrected chi connectivity index (χ2v) is 7.96.